The van der Waals surface area contributed by atoms with Crippen LogP contribution in [-0.4, -0.2) is 39.0 Å². The van der Waals surface area contributed by atoms with Gasteiger partial charge in [0.1, 0.15) is 9.84 Å². The van der Waals surface area contributed by atoms with Gasteiger partial charge >= 0.3 is 0 Å². The highest BCUT2D eigenvalue weighted by atomic mass is 79.9. The van der Waals surface area contributed by atoms with Crippen LogP contribution < -0.4 is 10.6 Å². The highest BCUT2D eigenvalue weighted by molar-refractivity contribution is 9.10. The fourth-order valence-corrected chi connectivity index (χ4v) is 3.27. The third-order valence-electron chi connectivity index (χ3n) is 3.36. The molecular weight excluding hydrogens is 378 g/mol. The van der Waals surface area contributed by atoms with Crippen LogP contribution in [0.3, 0.4) is 0 Å². The van der Waals surface area contributed by atoms with Crippen LogP contribution in [0, 0.1) is 6.92 Å². The molecule has 1 rings (SSSR count). The predicted octanol–water partition coefficient (Wildman–Crippen LogP) is 2.64. The average Bonchev–Trinajstić information content (AvgIpc) is 2.43. The van der Waals surface area contributed by atoms with Crippen molar-refractivity contribution in [1.29, 1.82) is 0 Å². The first kappa shape index (κ1) is 20.0. The van der Waals surface area contributed by atoms with Crippen molar-refractivity contribution in [2.24, 2.45) is 4.99 Å². The Bertz CT molecular complexity index is 645. The van der Waals surface area contributed by atoms with Crippen LogP contribution >= 0.6 is 15.9 Å². The quantitative estimate of drug-likeness (QED) is 0.542. The fourth-order valence-electron chi connectivity index (χ4n) is 2.02. The molecule has 0 aliphatic carbocycles. The van der Waals surface area contributed by atoms with Gasteiger partial charge in [-0.15, -0.1) is 0 Å². The molecule has 2 N–H and O–H groups in total. The maximum atomic E-state index is 11.2. The van der Waals surface area contributed by atoms with Gasteiger partial charge in [0.15, 0.2) is 5.96 Å². The summed E-state index contributed by atoms with van der Waals surface area (Å²) in [6.45, 7) is 7.36. The molecule has 0 aliphatic heterocycles. The van der Waals surface area contributed by atoms with Crippen LogP contribution in [0.25, 0.3) is 0 Å². The van der Waals surface area contributed by atoms with E-state index in [1.807, 2.05) is 19.9 Å². The number of halogens is 1. The van der Waals surface area contributed by atoms with Crippen LogP contribution in [0.4, 0.5) is 0 Å². The molecule has 0 fully saturated rings. The molecule has 0 aliphatic rings. The number of benzene rings is 1. The lowest BCUT2D eigenvalue weighted by atomic mass is 10.1. The normalized spacial score (nSPS) is 13.7. The van der Waals surface area contributed by atoms with Gasteiger partial charge in [0.2, 0.25) is 0 Å². The molecule has 130 valence electrons. The molecule has 7 heteroatoms. The number of sulfone groups is 1. The summed E-state index contributed by atoms with van der Waals surface area (Å²) in [4.78, 5) is 4.59. The fraction of sp³-hybridized carbons (Fsp3) is 0.562. The number of rotatable bonds is 7. The number of aliphatic imine (C=N–C) groups is 1. The molecule has 0 saturated carbocycles. The van der Waals surface area contributed by atoms with Gasteiger partial charge < -0.3 is 10.6 Å². The van der Waals surface area contributed by atoms with E-state index in [2.05, 4.69) is 50.6 Å². The van der Waals surface area contributed by atoms with Gasteiger partial charge in [-0.3, -0.25) is 0 Å². The first-order chi connectivity index (χ1) is 10.7. The number of aryl methyl sites for hydroxylation is 1. The van der Waals surface area contributed by atoms with E-state index in [-0.39, 0.29) is 11.8 Å². The van der Waals surface area contributed by atoms with Gasteiger partial charge in [-0.1, -0.05) is 22.0 Å². The number of nitrogens with one attached hydrogen (secondary N) is 2. The molecule has 0 aromatic heterocycles. The third kappa shape index (κ3) is 8.37. The minimum atomic E-state index is -2.94. The highest BCUT2D eigenvalue weighted by Crippen LogP contribution is 2.16. The van der Waals surface area contributed by atoms with Crippen molar-refractivity contribution >= 4 is 31.7 Å². The first-order valence-electron chi connectivity index (χ1n) is 7.69. The van der Waals surface area contributed by atoms with E-state index in [4.69, 9.17) is 0 Å². The number of nitrogens with zero attached hydrogens (tertiary/aromatic N) is 1. The Hall–Kier alpha value is -1.08. The largest absolute Gasteiger partial charge is 0.357 e. The maximum absolute atomic E-state index is 11.2. The Balaban J connectivity index is 2.69. The van der Waals surface area contributed by atoms with E-state index in [0.717, 1.165) is 16.6 Å². The molecule has 0 amide bonds. The van der Waals surface area contributed by atoms with E-state index in [1.165, 1.54) is 11.8 Å². The summed E-state index contributed by atoms with van der Waals surface area (Å²) in [6, 6.07) is 6.17. The molecule has 1 aromatic carbocycles. The zero-order valence-corrected chi connectivity index (χ0v) is 16.6. The summed E-state index contributed by atoms with van der Waals surface area (Å²) in [5.41, 5.74) is 2.35. The van der Waals surface area contributed by atoms with Crippen molar-refractivity contribution in [3.8, 4) is 0 Å². The van der Waals surface area contributed by atoms with Crippen LogP contribution in [0.5, 0.6) is 0 Å². The second-order valence-corrected chi connectivity index (χ2v) is 8.91. The molecule has 1 aromatic rings. The lowest BCUT2D eigenvalue weighted by Crippen LogP contribution is -2.42. The molecule has 1 unspecified atom stereocenters. The lowest BCUT2D eigenvalue weighted by Gasteiger charge is -2.17. The second kappa shape index (κ2) is 9.27. The summed E-state index contributed by atoms with van der Waals surface area (Å²) in [7, 11) is -2.94. The maximum Gasteiger partial charge on any atom is 0.191 e. The van der Waals surface area contributed by atoms with Crippen LogP contribution in [0.2, 0.25) is 0 Å². The molecule has 23 heavy (non-hydrogen) atoms. The van der Waals surface area contributed by atoms with Crippen LogP contribution in [-0.2, 0) is 16.4 Å². The Morgan fingerprint density at radius 1 is 1.39 bits per heavy atom. The molecule has 0 heterocycles. The summed E-state index contributed by atoms with van der Waals surface area (Å²) in [6.07, 6.45) is 1.82. The Kier molecular flexibility index (Phi) is 8.05. The summed E-state index contributed by atoms with van der Waals surface area (Å²) < 4.78 is 23.5. The van der Waals surface area contributed by atoms with E-state index in [0.29, 0.717) is 18.9 Å². The average molecular weight is 404 g/mol. The molecular formula is C16H26BrN3O2S. The van der Waals surface area contributed by atoms with Crippen LogP contribution in [0.1, 0.15) is 31.4 Å². The topological polar surface area (TPSA) is 70.6 Å². The Morgan fingerprint density at radius 2 is 2.09 bits per heavy atom. The second-order valence-electron chi connectivity index (χ2n) is 5.73. The third-order valence-corrected chi connectivity index (χ3v) is 4.83. The smallest absolute Gasteiger partial charge is 0.191 e. The number of hydrogen-bond acceptors (Lipinski definition) is 3. The molecule has 0 saturated heterocycles. The van der Waals surface area contributed by atoms with Crippen LogP contribution in [0.15, 0.2) is 27.7 Å². The zero-order valence-electron chi connectivity index (χ0n) is 14.2. The first-order valence-corrected chi connectivity index (χ1v) is 10.5. The monoisotopic (exact) mass is 403 g/mol. The van der Waals surface area contributed by atoms with Gasteiger partial charge in [0, 0.05) is 23.3 Å². The number of guanidine groups is 1. The van der Waals surface area contributed by atoms with Crippen molar-refractivity contribution < 1.29 is 8.42 Å². The molecule has 1 atom stereocenters. The SMILES string of the molecule is CCNC(=NCc1ccc(Br)cc1C)NC(C)CCS(C)(=O)=O. The predicted molar refractivity (Wildman–Crippen MR) is 101 cm³/mol. The summed E-state index contributed by atoms with van der Waals surface area (Å²) >= 11 is 3.46. The van der Waals surface area contributed by atoms with E-state index < -0.39 is 9.84 Å². The Morgan fingerprint density at radius 3 is 2.65 bits per heavy atom. The lowest BCUT2D eigenvalue weighted by molar-refractivity contribution is 0.581. The highest BCUT2D eigenvalue weighted by Gasteiger charge is 2.09. The van der Waals surface area contributed by atoms with Crippen molar-refractivity contribution in [3.63, 3.8) is 0 Å². The van der Waals surface area contributed by atoms with Crippen molar-refractivity contribution in [1.82, 2.24) is 10.6 Å². The van der Waals surface area contributed by atoms with Crippen molar-refractivity contribution in [2.45, 2.75) is 39.8 Å². The standard InChI is InChI=1S/C16H26BrN3O2S/c1-5-18-16(20-13(3)8-9-23(4,21)22)19-11-14-6-7-15(17)10-12(14)2/h6-7,10,13H,5,8-9,11H2,1-4H3,(H2,18,19,20). The minimum absolute atomic E-state index is 0.0357. The van der Waals surface area contributed by atoms with Gasteiger partial charge in [0.25, 0.3) is 0 Å². The molecule has 5 nitrogen and oxygen atoms in total. The van der Waals surface area contributed by atoms with E-state index >= 15 is 0 Å². The van der Waals surface area contributed by atoms with Gasteiger partial charge in [-0.2, -0.15) is 0 Å². The summed E-state index contributed by atoms with van der Waals surface area (Å²) in [5.74, 6) is 0.877. The van der Waals surface area contributed by atoms with Crippen molar-refractivity contribution in [3.05, 3.63) is 33.8 Å². The Labute approximate surface area is 148 Å². The van der Waals surface area contributed by atoms with Crippen molar-refractivity contribution in [2.75, 3.05) is 18.6 Å². The molecule has 0 spiro atoms. The minimum Gasteiger partial charge on any atom is -0.357 e. The van der Waals surface area contributed by atoms with Gasteiger partial charge in [0.05, 0.1) is 12.3 Å². The number of hydrogen-bond donors (Lipinski definition) is 2. The van der Waals surface area contributed by atoms with Gasteiger partial charge in [-0.25, -0.2) is 13.4 Å². The molecule has 0 bridgehead atoms. The van der Waals surface area contributed by atoms with E-state index in [9.17, 15) is 8.42 Å². The zero-order chi connectivity index (χ0) is 17.5. The summed E-state index contributed by atoms with van der Waals surface area (Å²) in [5, 5.41) is 6.45. The van der Waals surface area contributed by atoms with E-state index in [1.54, 1.807) is 0 Å². The molecule has 0 radical (unpaired) electrons. The van der Waals surface area contributed by atoms with Gasteiger partial charge in [-0.05, 0) is 50.5 Å².